The molecule has 7 nitrogen and oxygen atoms in total. The van der Waals surface area contributed by atoms with E-state index in [1.165, 1.54) is 4.68 Å². The first-order chi connectivity index (χ1) is 13.0. The van der Waals surface area contributed by atoms with Gasteiger partial charge in [0.2, 0.25) is 17.8 Å². The molecule has 27 heavy (non-hydrogen) atoms. The van der Waals surface area contributed by atoms with Crippen molar-refractivity contribution < 1.29 is 9.59 Å². The fourth-order valence-electron chi connectivity index (χ4n) is 3.04. The maximum Gasteiger partial charge on any atom is 0.249 e. The smallest absolute Gasteiger partial charge is 0.249 e. The lowest BCUT2D eigenvalue weighted by molar-refractivity contribution is -0.125. The van der Waals surface area contributed by atoms with E-state index in [1.807, 2.05) is 62.4 Å². The highest BCUT2D eigenvalue weighted by molar-refractivity contribution is 6.00. The van der Waals surface area contributed by atoms with Crippen molar-refractivity contribution in [1.82, 2.24) is 14.8 Å². The van der Waals surface area contributed by atoms with Gasteiger partial charge in [-0.3, -0.25) is 14.9 Å². The molecule has 1 atom stereocenters. The third-order valence-corrected chi connectivity index (χ3v) is 4.45. The van der Waals surface area contributed by atoms with Crippen molar-refractivity contribution in [1.29, 1.82) is 0 Å². The Morgan fingerprint density at radius 3 is 2.67 bits per heavy atom. The minimum atomic E-state index is -0.749. The highest BCUT2D eigenvalue weighted by Crippen LogP contribution is 2.27. The molecule has 0 saturated carbocycles. The molecule has 2 amide bonds. The van der Waals surface area contributed by atoms with E-state index in [2.05, 4.69) is 20.7 Å². The third-order valence-electron chi connectivity index (χ3n) is 4.45. The summed E-state index contributed by atoms with van der Waals surface area (Å²) in [5.74, 6) is 0.207. The summed E-state index contributed by atoms with van der Waals surface area (Å²) in [6, 6.07) is 14.5. The zero-order chi connectivity index (χ0) is 19.0. The predicted octanol–water partition coefficient (Wildman–Crippen LogP) is 3.08. The Morgan fingerprint density at radius 1 is 1.15 bits per heavy atom. The van der Waals surface area contributed by atoms with Crippen LogP contribution in [0, 0.1) is 13.8 Å². The molecule has 0 saturated heterocycles. The Bertz CT molecular complexity index is 1020. The minimum absolute atomic E-state index is 0.0152. The van der Waals surface area contributed by atoms with Gasteiger partial charge in [-0.05, 0) is 31.5 Å². The zero-order valence-corrected chi connectivity index (χ0v) is 15.1. The summed E-state index contributed by atoms with van der Waals surface area (Å²) in [5, 5.41) is 10.0. The molecule has 0 fully saturated rings. The van der Waals surface area contributed by atoms with E-state index in [0.29, 0.717) is 11.5 Å². The second-order valence-corrected chi connectivity index (χ2v) is 6.70. The molecule has 1 aliphatic heterocycles. The van der Waals surface area contributed by atoms with Crippen LogP contribution in [0.5, 0.6) is 0 Å². The van der Waals surface area contributed by atoms with Crippen LogP contribution in [0.3, 0.4) is 0 Å². The number of rotatable bonds is 3. The summed E-state index contributed by atoms with van der Waals surface area (Å²) < 4.78 is 1.49. The van der Waals surface area contributed by atoms with E-state index in [4.69, 9.17) is 0 Å². The number of nitrogens with one attached hydrogen (secondary N) is 2. The largest absolute Gasteiger partial charge is 0.324 e. The van der Waals surface area contributed by atoms with Crippen molar-refractivity contribution in [3.8, 4) is 11.4 Å². The standard InChI is InChI=1S/C20H19N5O2/c1-12-6-8-14(9-7-12)18-23-20-22-17(26)11-16(25(20)24-18)19(27)21-15-5-3-4-13(2)10-15/h3-10,16H,11H2,1-2H3,(H,21,27)(H,22,23,24,26)/t16-/m0/s1. The SMILES string of the molecule is Cc1ccc(-c2nc3n(n2)[C@H](C(=O)Nc2cccc(C)c2)CC(=O)N3)cc1. The third kappa shape index (κ3) is 3.44. The number of nitrogens with zero attached hydrogens (tertiary/aromatic N) is 3. The van der Waals surface area contributed by atoms with Crippen LogP contribution in [-0.4, -0.2) is 26.6 Å². The molecule has 136 valence electrons. The van der Waals surface area contributed by atoms with Crippen molar-refractivity contribution in [2.45, 2.75) is 26.3 Å². The second-order valence-electron chi connectivity index (χ2n) is 6.70. The molecule has 0 aliphatic carbocycles. The second kappa shape index (κ2) is 6.68. The van der Waals surface area contributed by atoms with E-state index in [0.717, 1.165) is 16.7 Å². The number of aromatic nitrogens is 3. The van der Waals surface area contributed by atoms with Crippen LogP contribution in [0.2, 0.25) is 0 Å². The molecule has 3 aromatic rings. The number of hydrogen-bond donors (Lipinski definition) is 2. The van der Waals surface area contributed by atoms with Crippen LogP contribution in [-0.2, 0) is 9.59 Å². The number of carbonyl (C=O) groups excluding carboxylic acids is 2. The van der Waals surface area contributed by atoms with Gasteiger partial charge >= 0.3 is 0 Å². The fourth-order valence-corrected chi connectivity index (χ4v) is 3.04. The van der Waals surface area contributed by atoms with Gasteiger partial charge in [-0.2, -0.15) is 4.98 Å². The Hall–Kier alpha value is -3.48. The Balaban J connectivity index is 1.64. The minimum Gasteiger partial charge on any atom is -0.324 e. The van der Waals surface area contributed by atoms with Gasteiger partial charge in [0.05, 0.1) is 6.42 Å². The van der Waals surface area contributed by atoms with E-state index >= 15 is 0 Å². The fraction of sp³-hybridized carbons (Fsp3) is 0.200. The number of anilines is 2. The molecular formula is C20H19N5O2. The molecular weight excluding hydrogens is 342 g/mol. The van der Waals surface area contributed by atoms with Gasteiger partial charge in [0, 0.05) is 11.3 Å². The van der Waals surface area contributed by atoms with Crippen molar-refractivity contribution >= 4 is 23.5 Å². The van der Waals surface area contributed by atoms with Crippen LogP contribution in [0.4, 0.5) is 11.6 Å². The van der Waals surface area contributed by atoms with Crippen molar-refractivity contribution in [2.75, 3.05) is 10.6 Å². The van der Waals surface area contributed by atoms with Gasteiger partial charge in [0.1, 0.15) is 6.04 Å². The molecule has 2 heterocycles. The average molecular weight is 361 g/mol. The van der Waals surface area contributed by atoms with E-state index < -0.39 is 6.04 Å². The van der Waals surface area contributed by atoms with Crippen molar-refractivity contribution in [3.05, 3.63) is 59.7 Å². The Kier molecular flexibility index (Phi) is 4.19. The zero-order valence-electron chi connectivity index (χ0n) is 15.1. The number of amides is 2. The quantitative estimate of drug-likeness (QED) is 0.750. The maximum atomic E-state index is 12.8. The summed E-state index contributed by atoms with van der Waals surface area (Å²) >= 11 is 0. The van der Waals surface area contributed by atoms with Gasteiger partial charge in [-0.1, -0.05) is 42.0 Å². The summed E-state index contributed by atoms with van der Waals surface area (Å²) in [6.45, 7) is 3.95. The van der Waals surface area contributed by atoms with Gasteiger partial charge < -0.3 is 5.32 Å². The first kappa shape index (κ1) is 17.0. The normalized spacial score (nSPS) is 15.8. The molecule has 1 aliphatic rings. The summed E-state index contributed by atoms with van der Waals surface area (Å²) in [5.41, 5.74) is 3.68. The summed E-state index contributed by atoms with van der Waals surface area (Å²) in [7, 11) is 0. The molecule has 0 unspecified atom stereocenters. The van der Waals surface area contributed by atoms with Crippen molar-refractivity contribution in [3.63, 3.8) is 0 Å². The first-order valence-electron chi connectivity index (χ1n) is 8.70. The van der Waals surface area contributed by atoms with Gasteiger partial charge in [-0.25, -0.2) is 4.68 Å². The molecule has 0 radical (unpaired) electrons. The Labute approximate surface area is 156 Å². The Morgan fingerprint density at radius 2 is 1.93 bits per heavy atom. The molecule has 0 spiro atoms. The molecule has 1 aromatic heterocycles. The van der Waals surface area contributed by atoms with E-state index in [9.17, 15) is 9.59 Å². The topological polar surface area (TPSA) is 88.9 Å². The monoisotopic (exact) mass is 361 g/mol. The van der Waals surface area contributed by atoms with Gasteiger partial charge in [-0.15, -0.1) is 5.10 Å². The number of benzene rings is 2. The van der Waals surface area contributed by atoms with E-state index in [-0.39, 0.29) is 24.2 Å². The number of hydrogen-bond acceptors (Lipinski definition) is 4. The van der Waals surface area contributed by atoms with Gasteiger partial charge in [0.25, 0.3) is 0 Å². The highest BCUT2D eigenvalue weighted by Gasteiger charge is 2.33. The maximum absolute atomic E-state index is 12.8. The van der Waals surface area contributed by atoms with Gasteiger partial charge in [0.15, 0.2) is 5.82 Å². The van der Waals surface area contributed by atoms with E-state index in [1.54, 1.807) is 0 Å². The molecule has 7 heteroatoms. The highest BCUT2D eigenvalue weighted by atomic mass is 16.2. The van der Waals surface area contributed by atoms with Crippen LogP contribution in [0.25, 0.3) is 11.4 Å². The predicted molar refractivity (Wildman–Crippen MR) is 102 cm³/mol. The summed E-state index contributed by atoms with van der Waals surface area (Å²) in [4.78, 5) is 29.3. The lowest BCUT2D eigenvalue weighted by Gasteiger charge is -2.22. The first-order valence-corrected chi connectivity index (χ1v) is 8.70. The molecule has 0 bridgehead atoms. The molecule has 2 N–H and O–H groups in total. The molecule has 4 rings (SSSR count). The number of fused-ring (bicyclic) bond motifs is 1. The number of carbonyl (C=O) groups is 2. The lowest BCUT2D eigenvalue weighted by atomic mass is 10.1. The van der Waals surface area contributed by atoms with Crippen LogP contribution >= 0.6 is 0 Å². The lowest BCUT2D eigenvalue weighted by Crippen LogP contribution is -2.36. The summed E-state index contributed by atoms with van der Waals surface area (Å²) in [6.07, 6.45) is 0.0152. The van der Waals surface area contributed by atoms with Crippen molar-refractivity contribution in [2.24, 2.45) is 0 Å². The van der Waals surface area contributed by atoms with Crippen LogP contribution in [0.1, 0.15) is 23.6 Å². The van der Waals surface area contributed by atoms with Crippen LogP contribution in [0.15, 0.2) is 48.5 Å². The van der Waals surface area contributed by atoms with Crippen LogP contribution < -0.4 is 10.6 Å². The number of aryl methyl sites for hydroxylation is 2. The average Bonchev–Trinajstić information content (AvgIpc) is 3.05. The molecule has 2 aromatic carbocycles.